The Balaban J connectivity index is 1.79. The number of benzene rings is 2. The molecule has 10 nitrogen and oxygen atoms in total. The molecule has 2 heterocycles. The number of methoxy groups -OCH3 is 1. The lowest BCUT2D eigenvalue weighted by Crippen LogP contribution is -2.16. The maximum atomic E-state index is 12.9. The lowest BCUT2D eigenvalue weighted by atomic mass is 10.1. The fourth-order valence-electron chi connectivity index (χ4n) is 2.93. The number of carboxylic acid groups (broad SMARTS) is 1. The van der Waals surface area contributed by atoms with Gasteiger partial charge in [-0.05, 0) is 36.4 Å². The van der Waals surface area contributed by atoms with E-state index in [2.05, 4.69) is 20.0 Å². The molecular formula is C19H14ClN5O5S. The molecule has 0 aliphatic rings. The zero-order valence-electron chi connectivity index (χ0n) is 15.9. The Kier molecular flexibility index (Phi) is 5.21. The maximum absolute atomic E-state index is 12.9. The molecule has 0 aliphatic carbocycles. The van der Waals surface area contributed by atoms with Gasteiger partial charge in [-0.2, -0.15) is 4.52 Å². The summed E-state index contributed by atoms with van der Waals surface area (Å²) in [4.78, 5) is 11.4. The second-order valence-corrected chi connectivity index (χ2v) is 8.35. The number of carbonyl (C=O) groups is 1. The summed E-state index contributed by atoms with van der Waals surface area (Å²) in [6, 6.07) is 13.3. The van der Waals surface area contributed by atoms with E-state index in [4.69, 9.17) is 16.3 Å². The van der Waals surface area contributed by atoms with Crippen LogP contribution in [0.5, 0.6) is 5.75 Å². The van der Waals surface area contributed by atoms with Crippen LogP contribution in [-0.4, -0.2) is 46.4 Å². The smallest absolute Gasteiger partial charge is 0.336 e. The first-order chi connectivity index (χ1) is 14.8. The number of rotatable bonds is 6. The standard InChI is InChI=1S/C19H14ClN5O5S/c1-30-14-7-6-11(20)10-15(14)31(28,29)24-16-8-9-17-21-22-18(25(17)23-16)12-4-2-3-5-13(12)19(26)27/h2-10H,1H3,(H,23,24)(H,26,27). The molecule has 4 aromatic rings. The first-order valence-corrected chi connectivity index (χ1v) is 10.6. The first-order valence-electron chi connectivity index (χ1n) is 8.71. The van der Waals surface area contributed by atoms with Crippen LogP contribution in [0.4, 0.5) is 5.82 Å². The minimum absolute atomic E-state index is 0.00764. The van der Waals surface area contributed by atoms with E-state index in [1.54, 1.807) is 18.2 Å². The van der Waals surface area contributed by atoms with Crippen LogP contribution in [0.3, 0.4) is 0 Å². The average Bonchev–Trinajstić information content (AvgIpc) is 3.16. The van der Waals surface area contributed by atoms with Crippen molar-refractivity contribution in [1.82, 2.24) is 19.8 Å². The molecule has 0 saturated heterocycles. The predicted octanol–water partition coefficient (Wildman–Crippen LogP) is 2.95. The molecule has 0 amide bonds. The summed E-state index contributed by atoms with van der Waals surface area (Å²) in [5.74, 6) is -0.923. The highest BCUT2D eigenvalue weighted by molar-refractivity contribution is 7.92. The van der Waals surface area contributed by atoms with Crippen LogP contribution in [0, 0.1) is 0 Å². The van der Waals surface area contributed by atoms with Crippen molar-refractivity contribution in [3.63, 3.8) is 0 Å². The second-order valence-electron chi connectivity index (χ2n) is 6.26. The fourth-order valence-corrected chi connectivity index (χ4v) is 4.36. The van der Waals surface area contributed by atoms with Crippen molar-refractivity contribution in [2.75, 3.05) is 11.8 Å². The lowest BCUT2D eigenvalue weighted by molar-refractivity contribution is 0.0697. The summed E-state index contributed by atoms with van der Waals surface area (Å²) in [6.45, 7) is 0. The molecule has 2 aromatic carbocycles. The molecule has 31 heavy (non-hydrogen) atoms. The number of carboxylic acids is 1. The number of hydrogen-bond acceptors (Lipinski definition) is 7. The largest absolute Gasteiger partial charge is 0.495 e. The molecule has 0 aliphatic heterocycles. The van der Waals surface area contributed by atoms with E-state index >= 15 is 0 Å². The van der Waals surface area contributed by atoms with Gasteiger partial charge >= 0.3 is 5.97 Å². The van der Waals surface area contributed by atoms with Gasteiger partial charge in [-0.25, -0.2) is 13.2 Å². The van der Waals surface area contributed by atoms with Crippen LogP contribution >= 0.6 is 11.6 Å². The van der Waals surface area contributed by atoms with E-state index in [1.165, 1.54) is 48.0 Å². The average molecular weight is 460 g/mol. The van der Waals surface area contributed by atoms with Gasteiger partial charge in [-0.15, -0.1) is 15.3 Å². The number of aromatic carboxylic acids is 1. The van der Waals surface area contributed by atoms with Crippen molar-refractivity contribution < 1.29 is 23.1 Å². The Bertz CT molecular complexity index is 1420. The number of halogens is 1. The number of nitrogens with zero attached hydrogens (tertiary/aromatic N) is 4. The van der Waals surface area contributed by atoms with Gasteiger partial charge in [-0.3, -0.25) is 4.72 Å². The topological polar surface area (TPSA) is 136 Å². The van der Waals surface area contributed by atoms with Gasteiger partial charge in [0.25, 0.3) is 10.0 Å². The predicted molar refractivity (Wildman–Crippen MR) is 112 cm³/mol. The van der Waals surface area contributed by atoms with Crippen molar-refractivity contribution in [1.29, 1.82) is 0 Å². The van der Waals surface area contributed by atoms with Crippen molar-refractivity contribution in [3.8, 4) is 17.1 Å². The molecule has 0 bridgehead atoms. The number of fused-ring (bicyclic) bond motifs is 1. The van der Waals surface area contributed by atoms with Crippen LogP contribution in [0.1, 0.15) is 10.4 Å². The van der Waals surface area contributed by atoms with E-state index in [0.717, 1.165) is 0 Å². The third kappa shape index (κ3) is 3.88. The van der Waals surface area contributed by atoms with Crippen molar-refractivity contribution in [2.24, 2.45) is 0 Å². The highest BCUT2D eigenvalue weighted by Crippen LogP contribution is 2.29. The van der Waals surface area contributed by atoms with Gasteiger partial charge in [0.2, 0.25) is 0 Å². The fraction of sp³-hybridized carbons (Fsp3) is 0.0526. The highest BCUT2D eigenvalue weighted by atomic mass is 35.5. The maximum Gasteiger partial charge on any atom is 0.336 e. The third-order valence-electron chi connectivity index (χ3n) is 4.32. The van der Waals surface area contributed by atoms with Crippen LogP contribution in [0.25, 0.3) is 17.0 Å². The van der Waals surface area contributed by atoms with E-state index in [-0.39, 0.29) is 38.4 Å². The number of nitrogens with one attached hydrogen (secondary N) is 1. The number of sulfonamides is 1. The molecule has 0 spiro atoms. The summed E-state index contributed by atoms with van der Waals surface area (Å²) in [7, 11) is -2.76. The van der Waals surface area contributed by atoms with E-state index in [1.807, 2.05) is 0 Å². The Morgan fingerprint density at radius 2 is 1.90 bits per heavy atom. The Hall–Kier alpha value is -3.70. The molecular weight excluding hydrogens is 446 g/mol. The van der Waals surface area contributed by atoms with Crippen LogP contribution < -0.4 is 9.46 Å². The van der Waals surface area contributed by atoms with Gasteiger partial charge in [0, 0.05) is 10.6 Å². The molecule has 0 saturated carbocycles. The molecule has 12 heteroatoms. The highest BCUT2D eigenvalue weighted by Gasteiger charge is 2.22. The molecule has 0 fully saturated rings. The molecule has 0 atom stereocenters. The zero-order valence-corrected chi connectivity index (χ0v) is 17.4. The van der Waals surface area contributed by atoms with Crippen molar-refractivity contribution in [2.45, 2.75) is 4.90 Å². The van der Waals surface area contributed by atoms with Crippen LogP contribution in [-0.2, 0) is 10.0 Å². The summed E-state index contributed by atoms with van der Waals surface area (Å²) in [5.41, 5.74) is 0.596. The summed E-state index contributed by atoms with van der Waals surface area (Å²) < 4.78 is 34.5. The van der Waals surface area contributed by atoms with Gasteiger partial charge in [0.05, 0.1) is 12.7 Å². The molecule has 0 unspecified atom stereocenters. The minimum Gasteiger partial charge on any atom is -0.495 e. The quantitative estimate of drug-likeness (QED) is 0.449. The van der Waals surface area contributed by atoms with Gasteiger partial charge in [0.15, 0.2) is 17.3 Å². The van der Waals surface area contributed by atoms with Crippen molar-refractivity contribution >= 4 is 39.1 Å². The number of ether oxygens (including phenoxy) is 1. The summed E-state index contributed by atoms with van der Waals surface area (Å²) in [6.07, 6.45) is 0. The van der Waals surface area contributed by atoms with Crippen LogP contribution in [0.15, 0.2) is 59.5 Å². The minimum atomic E-state index is -4.10. The molecule has 2 N–H and O–H groups in total. The Labute approximate surface area is 181 Å². The summed E-state index contributed by atoms with van der Waals surface area (Å²) in [5, 5.41) is 21.9. The molecule has 4 rings (SSSR count). The van der Waals surface area contributed by atoms with E-state index in [9.17, 15) is 18.3 Å². The molecule has 2 aromatic heterocycles. The number of hydrogen-bond donors (Lipinski definition) is 2. The number of aromatic nitrogens is 4. The molecule has 0 radical (unpaired) electrons. The van der Waals surface area contributed by atoms with Gasteiger partial charge in [0.1, 0.15) is 10.6 Å². The van der Waals surface area contributed by atoms with E-state index < -0.39 is 16.0 Å². The SMILES string of the molecule is COc1ccc(Cl)cc1S(=O)(=O)Nc1ccc2nnc(-c3ccccc3C(=O)O)n2n1. The normalized spacial score (nSPS) is 11.4. The molecule has 158 valence electrons. The monoisotopic (exact) mass is 459 g/mol. The zero-order chi connectivity index (χ0) is 22.2. The van der Waals surface area contributed by atoms with Crippen molar-refractivity contribution in [3.05, 3.63) is 65.2 Å². The third-order valence-corrected chi connectivity index (χ3v) is 5.93. The lowest BCUT2D eigenvalue weighted by Gasteiger charge is -2.11. The van der Waals surface area contributed by atoms with Crippen LogP contribution in [0.2, 0.25) is 5.02 Å². The van der Waals surface area contributed by atoms with Gasteiger partial charge < -0.3 is 9.84 Å². The Morgan fingerprint density at radius 1 is 1.13 bits per heavy atom. The van der Waals surface area contributed by atoms with Gasteiger partial charge in [-0.1, -0.05) is 29.8 Å². The van der Waals surface area contributed by atoms with E-state index in [0.29, 0.717) is 5.65 Å². The number of anilines is 1. The second kappa shape index (κ2) is 7.85. The summed E-state index contributed by atoms with van der Waals surface area (Å²) >= 11 is 5.94. The Morgan fingerprint density at radius 3 is 2.65 bits per heavy atom. The first kappa shape index (κ1) is 20.6.